The molecule has 0 radical (unpaired) electrons. The first-order chi connectivity index (χ1) is 13.5. The number of carbonyl (C=O) groups excluding carboxylic acids is 2. The number of thiophene rings is 1. The molecule has 8 heteroatoms. The molecule has 28 heavy (non-hydrogen) atoms. The van der Waals surface area contributed by atoms with Crippen molar-refractivity contribution in [3.8, 4) is 0 Å². The van der Waals surface area contributed by atoms with Gasteiger partial charge in [-0.2, -0.15) is 11.3 Å². The number of nitrogens with zero attached hydrogens (tertiary/aromatic N) is 1. The SMILES string of the molecule is O=C(NC[C@H](c1ccsc1)N1CCCCCC1)C(=O)Nc1ccc(F)c(Cl)c1. The fourth-order valence-corrected chi connectivity index (χ4v) is 4.25. The van der Waals surface area contributed by atoms with Crippen LogP contribution < -0.4 is 10.6 Å². The zero-order valence-electron chi connectivity index (χ0n) is 15.4. The minimum atomic E-state index is -0.803. The lowest BCUT2D eigenvalue weighted by Gasteiger charge is -2.30. The van der Waals surface area contributed by atoms with Gasteiger partial charge in [-0.15, -0.1) is 0 Å². The number of benzene rings is 1. The summed E-state index contributed by atoms with van der Waals surface area (Å²) in [7, 11) is 0. The van der Waals surface area contributed by atoms with E-state index in [0.29, 0.717) is 6.54 Å². The minimum Gasteiger partial charge on any atom is -0.346 e. The van der Waals surface area contributed by atoms with Gasteiger partial charge in [0, 0.05) is 12.2 Å². The third-order valence-electron chi connectivity index (χ3n) is 4.85. The summed E-state index contributed by atoms with van der Waals surface area (Å²) in [6.45, 7) is 2.32. The Morgan fingerprint density at radius 1 is 1.14 bits per heavy atom. The number of halogens is 2. The Labute approximate surface area is 172 Å². The quantitative estimate of drug-likeness (QED) is 0.708. The lowest BCUT2D eigenvalue weighted by atomic mass is 10.1. The van der Waals surface area contributed by atoms with E-state index in [9.17, 15) is 14.0 Å². The molecule has 1 saturated heterocycles. The maximum absolute atomic E-state index is 13.2. The second kappa shape index (κ2) is 10.0. The first kappa shape index (κ1) is 20.8. The monoisotopic (exact) mass is 423 g/mol. The van der Waals surface area contributed by atoms with Crippen molar-refractivity contribution in [1.29, 1.82) is 0 Å². The Morgan fingerprint density at radius 2 is 1.89 bits per heavy atom. The lowest BCUT2D eigenvalue weighted by Crippen LogP contribution is -2.42. The first-order valence-electron chi connectivity index (χ1n) is 9.35. The molecule has 1 aliphatic heterocycles. The van der Waals surface area contributed by atoms with Crippen molar-refractivity contribution in [3.63, 3.8) is 0 Å². The molecule has 1 aliphatic rings. The van der Waals surface area contributed by atoms with Gasteiger partial charge in [0.25, 0.3) is 0 Å². The topological polar surface area (TPSA) is 61.4 Å². The van der Waals surface area contributed by atoms with E-state index in [1.165, 1.54) is 25.0 Å². The van der Waals surface area contributed by atoms with Gasteiger partial charge in [-0.25, -0.2) is 4.39 Å². The van der Waals surface area contributed by atoms with Crippen molar-refractivity contribution >= 4 is 40.4 Å². The highest BCUT2D eigenvalue weighted by Crippen LogP contribution is 2.25. The molecule has 1 fully saturated rings. The van der Waals surface area contributed by atoms with Crippen LogP contribution in [0.15, 0.2) is 35.0 Å². The van der Waals surface area contributed by atoms with E-state index in [4.69, 9.17) is 11.6 Å². The van der Waals surface area contributed by atoms with Crippen molar-refractivity contribution in [2.45, 2.75) is 31.7 Å². The summed E-state index contributed by atoms with van der Waals surface area (Å²) in [6, 6.07) is 5.88. The molecule has 1 aromatic heterocycles. The van der Waals surface area contributed by atoms with Crippen LogP contribution in [0.1, 0.15) is 37.3 Å². The fraction of sp³-hybridized carbons (Fsp3) is 0.400. The standard InChI is InChI=1S/C20H23ClFN3O2S/c21-16-11-15(5-6-17(16)22)24-20(27)19(26)23-12-18(14-7-10-28-13-14)25-8-3-1-2-4-9-25/h5-7,10-11,13,18H,1-4,8-9,12H2,(H,23,26)(H,24,27)/t18-/m1/s1. The van der Waals surface area contributed by atoms with Gasteiger partial charge in [0.1, 0.15) is 5.82 Å². The molecule has 0 unspecified atom stereocenters. The largest absolute Gasteiger partial charge is 0.346 e. The molecular weight excluding hydrogens is 401 g/mol. The molecule has 0 spiro atoms. The molecule has 0 aliphatic carbocycles. The number of carbonyl (C=O) groups is 2. The predicted molar refractivity (Wildman–Crippen MR) is 110 cm³/mol. The maximum Gasteiger partial charge on any atom is 0.313 e. The second-order valence-electron chi connectivity index (χ2n) is 6.82. The normalized spacial score (nSPS) is 16.2. The van der Waals surface area contributed by atoms with Gasteiger partial charge in [0.2, 0.25) is 0 Å². The van der Waals surface area contributed by atoms with Crippen LogP contribution in [0, 0.1) is 5.82 Å². The van der Waals surface area contributed by atoms with Crippen molar-refractivity contribution in [3.05, 3.63) is 51.4 Å². The van der Waals surface area contributed by atoms with Gasteiger partial charge >= 0.3 is 11.8 Å². The number of hydrogen-bond donors (Lipinski definition) is 2. The average molecular weight is 424 g/mol. The molecule has 1 aromatic carbocycles. The molecule has 2 heterocycles. The van der Waals surface area contributed by atoms with Crippen molar-refractivity contribution in [1.82, 2.24) is 10.2 Å². The van der Waals surface area contributed by atoms with E-state index >= 15 is 0 Å². The Bertz CT molecular complexity index is 808. The van der Waals surface area contributed by atoms with Gasteiger partial charge in [0.15, 0.2) is 0 Å². The summed E-state index contributed by atoms with van der Waals surface area (Å²) >= 11 is 7.32. The van der Waals surface area contributed by atoms with E-state index in [0.717, 1.165) is 37.6 Å². The first-order valence-corrected chi connectivity index (χ1v) is 10.7. The number of likely N-dealkylation sites (tertiary alicyclic amines) is 1. The van der Waals surface area contributed by atoms with Crippen LogP contribution in [0.5, 0.6) is 0 Å². The van der Waals surface area contributed by atoms with E-state index in [-0.39, 0.29) is 16.8 Å². The van der Waals surface area contributed by atoms with Crippen LogP contribution in [0.25, 0.3) is 0 Å². The Hall–Kier alpha value is -1.96. The second-order valence-corrected chi connectivity index (χ2v) is 8.00. The average Bonchev–Trinajstić information content (AvgIpc) is 3.07. The van der Waals surface area contributed by atoms with Gasteiger partial charge in [0.05, 0.1) is 11.1 Å². The van der Waals surface area contributed by atoms with Gasteiger partial charge < -0.3 is 10.6 Å². The third kappa shape index (κ3) is 5.53. The molecular formula is C20H23ClFN3O2S. The van der Waals surface area contributed by atoms with Crippen LogP contribution in [-0.4, -0.2) is 36.3 Å². The van der Waals surface area contributed by atoms with Gasteiger partial charge in [-0.05, 0) is 66.5 Å². The number of hydrogen-bond acceptors (Lipinski definition) is 4. The van der Waals surface area contributed by atoms with E-state index in [2.05, 4.69) is 27.0 Å². The maximum atomic E-state index is 13.2. The zero-order valence-corrected chi connectivity index (χ0v) is 17.0. The van der Waals surface area contributed by atoms with Crippen molar-refractivity contribution in [2.24, 2.45) is 0 Å². The summed E-state index contributed by atoms with van der Waals surface area (Å²) in [5, 5.41) is 9.18. The van der Waals surface area contributed by atoms with E-state index in [1.54, 1.807) is 11.3 Å². The number of rotatable bonds is 5. The highest BCUT2D eigenvalue weighted by molar-refractivity contribution is 7.08. The van der Waals surface area contributed by atoms with E-state index in [1.807, 2.05) is 5.38 Å². The predicted octanol–water partition coefficient (Wildman–Crippen LogP) is 4.21. The van der Waals surface area contributed by atoms with Crippen LogP contribution in [0.3, 0.4) is 0 Å². The summed E-state index contributed by atoms with van der Waals surface area (Å²) in [4.78, 5) is 26.8. The number of amides is 2. The van der Waals surface area contributed by atoms with Crippen LogP contribution in [0.4, 0.5) is 10.1 Å². The van der Waals surface area contributed by atoms with E-state index < -0.39 is 17.6 Å². The molecule has 3 rings (SSSR count). The molecule has 0 saturated carbocycles. The smallest absolute Gasteiger partial charge is 0.313 e. The van der Waals surface area contributed by atoms with Crippen LogP contribution in [0.2, 0.25) is 5.02 Å². The van der Waals surface area contributed by atoms with Gasteiger partial charge in [-0.1, -0.05) is 24.4 Å². The molecule has 2 amide bonds. The molecule has 1 atom stereocenters. The summed E-state index contributed by atoms with van der Waals surface area (Å²) in [6.07, 6.45) is 4.73. The van der Waals surface area contributed by atoms with Gasteiger partial charge in [-0.3, -0.25) is 14.5 Å². The summed E-state index contributed by atoms with van der Waals surface area (Å²) < 4.78 is 13.2. The number of anilines is 1. The van der Waals surface area contributed by atoms with Crippen LogP contribution >= 0.6 is 22.9 Å². The molecule has 150 valence electrons. The third-order valence-corrected chi connectivity index (χ3v) is 5.84. The van der Waals surface area contributed by atoms with Crippen molar-refractivity contribution < 1.29 is 14.0 Å². The van der Waals surface area contributed by atoms with Crippen LogP contribution in [-0.2, 0) is 9.59 Å². The molecule has 5 nitrogen and oxygen atoms in total. The zero-order chi connectivity index (χ0) is 19.9. The van der Waals surface area contributed by atoms with Crippen molar-refractivity contribution in [2.75, 3.05) is 25.0 Å². The lowest BCUT2D eigenvalue weighted by molar-refractivity contribution is -0.136. The Morgan fingerprint density at radius 3 is 2.54 bits per heavy atom. The Balaban J connectivity index is 1.60. The number of nitrogens with one attached hydrogen (secondary N) is 2. The Kier molecular flexibility index (Phi) is 7.42. The summed E-state index contributed by atoms with van der Waals surface area (Å²) in [5.74, 6) is -2.11. The summed E-state index contributed by atoms with van der Waals surface area (Å²) in [5.41, 5.74) is 1.42. The minimum absolute atomic E-state index is 0.0429. The molecule has 0 bridgehead atoms. The molecule has 2 N–H and O–H groups in total. The highest BCUT2D eigenvalue weighted by Gasteiger charge is 2.24. The molecule has 2 aromatic rings. The highest BCUT2D eigenvalue weighted by atomic mass is 35.5. The fourth-order valence-electron chi connectivity index (χ4n) is 3.36.